The number of hydroxylamine groups is 1. The fourth-order valence-electron chi connectivity index (χ4n) is 0.992. The second kappa shape index (κ2) is 4.47. The summed E-state index contributed by atoms with van der Waals surface area (Å²) < 4.78 is 31.6. The fraction of sp³-hybridized carbons (Fsp3) is 0. The molecule has 1 aromatic carbocycles. The van der Waals surface area contributed by atoms with Crippen LogP contribution in [-0.4, -0.2) is 23.9 Å². The van der Waals surface area contributed by atoms with Gasteiger partial charge in [0.15, 0.2) is 12.0 Å². The molecule has 2 rings (SSSR count). The van der Waals surface area contributed by atoms with Gasteiger partial charge >= 0.3 is 10.4 Å². The van der Waals surface area contributed by atoms with Gasteiger partial charge in [-0.05, 0) is 6.07 Å². The second-order valence-electron chi connectivity index (χ2n) is 2.59. The Morgan fingerprint density at radius 2 is 1.80 bits per heavy atom. The van der Waals surface area contributed by atoms with E-state index in [4.69, 9.17) is 17.5 Å². The summed E-state index contributed by atoms with van der Waals surface area (Å²) in [5, 5.41) is 10.9. The number of hydrogen-bond donors (Lipinski definition) is 3. The summed E-state index contributed by atoms with van der Waals surface area (Å²) >= 11 is 0. The number of quaternary nitrogens is 1. The van der Waals surface area contributed by atoms with E-state index in [0.717, 1.165) is 5.69 Å². The van der Waals surface area contributed by atoms with Gasteiger partial charge in [-0.1, -0.05) is 12.1 Å². The average molecular weight is 232 g/mol. The first-order valence-corrected chi connectivity index (χ1v) is 5.15. The minimum Gasteiger partial charge on any atom is -0.623 e. The van der Waals surface area contributed by atoms with Crippen molar-refractivity contribution in [1.29, 1.82) is 0 Å². The molecule has 8 heteroatoms. The lowest BCUT2D eigenvalue weighted by molar-refractivity contribution is -0.655. The summed E-state index contributed by atoms with van der Waals surface area (Å²) in [5.41, 5.74) is 1.50. The van der Waals surface area contributed by atoms with Crippen LogP contribution >= 0.6 is 0 Å². The van der Waals surface area contributed by atoms with Crippen LogP contribution < -0.4 is 5.06 Å². The first-order chi connectivity index (χ1) is 6.88. The molecule has 1 aliphatic rings. The van der Waals surface area contributed by atoms with Crippen LogP contribution in [0.2, 0.25) is 0 Å². The number of fused-ring (bicyclic) bond motifs is 1. The monoisotopic (exact) mass is 232 g/mol. The highest BCUT2D eigenvalue weighted by molar-refractivity contribution is 7.79. The molecule has 1 unspecified atom stereocenters. The van der Waals surface area contributed by atoms with Gasteiger partial charge in [-0.3, -0.25) is 14.2 Å². The topological polar surface area (TPSA) is 114 Å². The average Bonchev–Trinajstić information content (AvgIpc) is 2.46. The Bertz CT molecular complexity index is 462. The van der Waals surface area contributed by atoms with Crippen LogP contribution in [0.25, 0.3) is 0 Å². The van der Waals surface area contributed by atoms with Gasteiger partial charge in [0.1, 0.15) is 5.69 Å². The van der Waals surface area contributed by atoms with Crippen molar-refractivity contribution < 1.29 is 22.6 Å². The van der Waals surface area contributed by atoms with Gasteiger partial charge in [0.05, 0.1) is 0 Å². The van der Waals surface area contributed by atoms with E-state index < -0.39 is 10.4 Å². The predicted octanol–water partition coefficient (Wildman–Crippen LogP) is -0.279. The minimum atomic E-state index is -4.67. The largest absolute Gasteiger partial charge is 0.623 e. The van der Waals surface area contributed by atoms with Crippen molar-refractivity contribution in [3.8, 4) is 0 Å². The Balaban J connectivity index is 0.000000195. The van der Waals surface area contributed by atoms with Gasteiger partial charge in [0, 0.05) is 6.07 Å². The maximum absolute atomic E-state index is 10.9. The molecule has 15 heavy (non-hydrogen) atoms. The molecule has 0 aromatic heterocycles. The summed E-state index contributed by atoms with van der Waals surface area (Å²) in [5.74, 6) is 0. The molecule has 1 aliphatic heterocycles. The van der Waals surface area contributed by atoms with Gasteiger partial charge in [-0.2, -0.15) is 13.4 Å². The van der Waals surface area contributed by atoms with E-state index in [9.17, 15) is 5.21 Å². The third kappa shape index (κ3) is 4.14. The lowest BCUT2D eigenvalue weighted by Crippen LogP contribution is -2.99. The number of hydrogen-bond acceptors (Lipinski definition) is 4. The lowest BCUT2D eigenvalue weighted by Gasteiger charge is -2.09. The molecule has 1 aromatic rings. The Hall–Kier alpha value is -1.32. The van der Waals surface area contributed by atoms with E-state index in [1.165, 1.54) is 6.34 Å². The number of nitrogens with zero attached hydrogens (tertiary/aromatic N) is 1. The summed E-state index contributed by atoms with van der Waals surface area (Å²) in [6, 6.07) is 7.32. The molecule has 1 heterocycles. The zero-order chi connectivity index (χ0) is 11.5. The first kappa shape index (κ1) is 11.8. The molecule has 0 bridgehead atoms. The molecule has 0 fully saturated rings. The lowest BCUT2D eigenvalue weighted by atomic mass is 10.3. The number of aliphatic imine (C=N–C) groups is 1. The fourth-order valence-corrected chi connectivity index (χ4v) is 0.992. The van der Waals surface area contributed by atoms with Gasteiger partial charge in [-0.25, -0.2) is 0 Å². The molecule has 0 aliphatic carbocycles. The molecule has 0 amide bonds. The van der Waals surface area contributed by atoms with Crippen molar-refractivity contribution in [2.75, 3.05) is 0 Å². The quantitative estimate of drug-likeness (QED) is 0.420. The summed E-state index contributed by atoms with van der Waals surface area (Å²) in [6.45, 7) is 0. The zero-order valence-corrected chi connectivity index (χ0v) is 8.18. The van der Waals surface area contributed by atoms with Crippen LogP contribution in [0.5, 0.6) is 0 Å². The zero-order valence-electron chi connectivity index (χ0n) is 7.36. The van der Waals surface area contributed by atoms with Crippen molar-refractivity contribution in [1.82, 2.24) is 0 Å². The summed E-state index contributed by atoms with van der Waals surface area (Å²) in [6.07, 6.45) is 1.35. The van der Waals surface area contributed by atoms with Gasteiger partial charge in [0.2, 0.25) is 0 Å². The molecule has 0 saturated heterocycles. The Morgan fingerprint density at radius 3 is 2.33 bits per heavy atom. The SMILES string of the molecule is O=S(=O)(O)O.[O-][NH+]1C=Nc2ccccc21. The molecule has 0 saturated carbocycles. The van der Waals surface area contributed by atoms with E-state index in [1.54, 1.807) is 6.07 Å². The first-order valence-electron chi connectivity index (χ1n) is 3.75. The molecule has 0 spiro atoms. The maximum Gasteiger partial charge on any atom is 0.394 e. The van der Waals surface area contributed by atoms with E-state index in [2.05, 4.69) is 4.99 Å². The van der Waals surface area contributed by atoms with Crippen molar-refractivity contribution >= 4 is 28.1 Å². The third-order valence-electron chi connectivity index (χ3n) is 1.49. The molecular weight excluding hydrogens is 224 g/mol. The molecule has 1 atom stereocenters. The van der Waals surface area contributed by atoms with Crippen LogP contribution in [0.4, 0.5) is 11.4 Å². The Kier molecular flexibility index (Phi) is 3.50. The molecule has 3 N–H and O–H groups in total. The third-order valence-corrected chi connectivity index (χ3v) is 1.49. The highest BCUT2D eigenvalue weighted by atomic mass is 32.3. The summed E-state index contributed by atoms with van der Waals surface area (Å²) in [7, 11) is -4.67. The molecule has 7 nitrogen and oxygen atoms in total. The maximum atomic E-state index is 10.9. The van der Waals surface area contributed by atoms with Crippen molar-refractivity contribution in [3.05, 3.63) is 29.5 Å². The molecule has 82 valence electrons. The highest BCUT2D eigenvalue weighted by Crippen LogP contribution is 2.21. The van der Waals surface area contributed by atoms with Crippen LogP contribution in [0, 0.1) is 5.21 Å². The number of nitrogens with one attached hydrogen (secondary N) is 1. The van der Waals surface area contributed by atoms with Crippen molar-refractivity contribution in [2.45, 2.75) is 0 Å². The summed E-state index contributed by atoms with van der Waals surface area (Å²) in [4.78, 5) is 3.91. The standard InChI is InChI=1S/C7H6N2O.H2O4S/c10-9-5-8-6-3-1-2-4-7(6)9;1-5(2,3)4/h1-5,9H;(H2,1,2,3,4). The van der Waals surface area contributed by atoms with E-state index in [1.807, 2.05) is 18.2 Å². The van der Waals surface area contributed by atoms with Crippen LogP contribution in [0.15, 0.2) is 29.3 Å². The molecular formula is C7H8N2O5S. The number of benzene rings is 1. The smallest absolute Gasteiger partial charge is 0.394 e. The predicted molar refractivity (Wildman–Crippen MR) is 52.8 cm³/mol. The van der Waals surface area contributed by atoms with Crippen LogP contribution in [0.3, 0.4) is 0 Å². The highest BCUT2D eigenvalue weighted by Gasteiger charge is 2.11. The van der Waals surface area contributed by atoms with Crippen molar-refractivity contribution in [2.24, 2.45) is 4.99 Å². The van der Waals surface area contributed by atoms with E-state index in [-0.39, 0.29) is 5.06 Å². The number of rotatable bonds is 0. The minimum absolute atomic E-state index is 0.00981. The Morgan fingerprint density at radius 1 is 1.27 bits per heavy atom. The van der Waals surface area contributed by atoms with Gasteiger partial charge in [-0.15, -0.1) is 0 Å². The van der Waals surface area contributed by atoms with E-state index >= 15 is 0 Å². The van der Waals surface area contributed by atoms with Gasteiger partial charge in [0.25, 0.3) is 0 Å². The second-order valence-corrected chi connectivity index (χ2v) is 3.48. The normalized spacial score (nSPS) is 17.9. The van der Waals surface area contributed by atoms with Crippen LogP contribution in [0.1, 0.15) is 0 Å². The van der Waals surface area contributed by atoms with E-state index in [0.29, 0.717) is 5.69 Å². The molecule has 0 radical (unpaired) electrons. The van der Waals surface area contributed by atoms with Crippen LogP contribution in [-0.2, 0) is 10.4 Å². The number of para-hydroxylation sites is 2. The van der Waals surface area contributed by atoms with Crippen molar-refractivity contribution in [3.63, 3.8) is 0 Å². The Labute approximate surface area is 85.8 Å². The van der Waals surface area contributed by atoms with Gasteiger partial charge < -0.3 is 5.21 Å².